The van der Waals surface area contributed by atoms with Crippen LogP contribution in [-0.4, -0.2) is 25.6 Å². The van der Waals surface area contributed by atoms with Crippen molar-refractivity contribution in [3.8, 4) is 0 Å². The van der Waals surface area contributed by atoms with Crippen LogP contribution in [0, 0.1) is 0 Å². The number of nitrogens with one attached hydrogen (secondary N) is 1. The molecular weight excluding hydrogens is 162 g/mol. The number of hydrogen-bond acceptors (Lipinski definition) is 2. The van der Waals surface area contributed by atoms with E-state index in [1.165, 1.54) is 12.8 Å². The summed E-state index contributed by atoms with van der Waals surface area (Å²) in [6.07, 6.45) is 5.84. The SMILES string of the molecule is C=CC(=CN=C)C(=NC)NC1CC1. The summed E-state index contributed by atoms with van der Waals surface area (Å²) in [5.41, 5.74) is 0.893. The molecule has 0 aromatic heterocycles. The smallest absolute Gasteiger partial charge is 0.129 e. The van der Waals surface area contributed by atoms with Gasteiger partial charge in [0.2, 0.25) is 0 Å². The van der Waals surface area contributed by atoms with E-state index in [0.29, 0.717) is 6.04 Å². The summed E-state index contributed by atoms with van der Waals surface area (Å²) in [6.45, 7) is 7.10. The topological polar surface area (TPSA) is 36.8 Å². The number of aliphatic imine (C=N–C) groups is 2. The van der Waals surface area contributed by atoms with Gasteiger partial charge >= 0.3 is 0 Å². The summed E-state index contributed by atoms with van der Waals surface area (Å²) < 4.78 is 0. The third-order valence-electron chi connectivity index (χ3n) is 1.87. The van der Waals surface area contributed by atoms with Crippen molar-refractivity contribution in [1.82, 2.24) is 5.32 Å². The van der Waals surface area contributed by atoms with Crippen LogP contribution in [0.2, 0.25) is 0 Å². The van der Waals surface area contributed by atoms with Crippen molar-refractivity contribution < 1.29 is 0 Å². The molecule has 1 fully saturated rings. The predicted molar refractivity (Wildman–Crippen MR) is 57.3 cm³/mol. The Bertz CT molecular complexity index is 259. The standard InChI is InChI=1S/C10H15N3/c1-4-8(7-11-2)10(12-3)13-9-5-6-9/h4,7,9H,1-2,5-6H2,3H3,(H,12,13). The predicted octanol–water partition coefficient (Wildman–Crippen LogP) is 1.54. The van der Waals surface area contributed by atoms with Gasteiger partial charge in [-0.05, 0) is 19.6 Å². The number of nitrogens with zero attached hydrogens (tertiary/aromatic N) is 2. The van der Waals surface area contributed by atoms with Crippen LogP contribution in [0.15, 0.2) is 34.4 Å². The Morgan fingerprint density at radius 2 is 2.23 bits per heavy atom. The minimum atomic E-state index is 0.590. The summed E-state index contributed by atoms with van der Waals surface area (Å²) in [5, 5.41) is 3.30. The molecule has 1 N–H and O–H groups in total. The maximum atomic E-state index is 4.14. The third kappa shape index (κ3) is 2.86. The molecule has 0 atom stereocenters. The Balaban J connectivity index is 2.66. The Hall–Kier alpha value is -1.38. The summed E-state index contributed by atoms with van der Waals surface area (Å²) >= 11 is 0. The van der Waals surface area contributed by atoms with E-state index in [1.54, 1.807) is 19.3 Å². The summed E-state index contributed by atoms with van der Waals surface area (Å²) in [6, 6.07) is 0.590. The second-order valence-electron chi connectivity index (χ2n) is 2.96. The molecule has 0 amide bonds. The molecule has 0 radical (unpaired) electrons. The molecule has 0 aromatic rings. The fraction of sp³-hybridized carbons (Fsp3) is 0.400. The van der Waals surface area contributed by atoms with Gasteiger partial charge in [-0.1, -0.05) is 12.7 Å². The molecule has 0 aliphatic heterocycles. The molecular formula is C10H15N3. The van der Waals surface area contributed by atoms with Gasteiger partial charge in [-0.15, -0.1) is 0 Å². The van der Waals surface area contributed by atoms with Crippen molar-refractivity contribution in [2.24, 2.45) is 9.98 Å². The fourth-order valence-electron chi connectivity index (χ4n) is 1.01. The van der Waals surface area contributed by atoms with Gasteiger partial charge in [0.15, 0.2) is 0 Å². The summed E-state index contributed by atoms with van der Waals surface area (Å²) in [7, 11) is 1.76. The van der Waals surface area contributed by atoms with E-state index in [9.17, 15) is 0 Å². The first-order chi connectivity index (χ1) is 6.31. The first kappa shape index (κ1) is 9.71. The van der Waals surface area contributed by atoms with Crippen molar-refractivity contribution in [2.45, 2.75) is 18.9 Å². The van der Waals surface area contributed by atoms with Crippen LogP contribution in [0.5, 0.6) is 0 Å². The summed E-state index contributed by atoms with van der Waals surface area (Å²) in [4.78, 5) is 7.84. The highest BCUT2D eigenvalue weighted by atomic mass is 15.0. The lowest BCUT2D eigenvalue weighted by Gasteiger charge is -2.07. The van der Waals surface area contributed by atoms with E-state index in [2.05, 4.69) is 28.6 Å². The lowest BCUT2D eigenvalue weighted by atomic mass is 10.2. The van der Waals surface area contributed by atoms with Crippen molar-refractivity contribution in [1.29, 1.82) is 0 Å². The lowest BCUT2D eigenvalue weighted by Crippen LogP contribution is -2.26. The monoisotopic (exact) mass is 177 g/mol. The van der Waals surface area contributed by atoms with Gasteiger partial charge in [0.25, 0.3) is 0 Å². The van der Waals surface area contributed by atoms with Crippen LogP contribution in [-0.2, 0) is 0 Å². The van der Waals surface area contributed by atoms with Gasteiger partial charge in [-0.2, -0.15) is 0 Å². The maximum absolute atomic E-state index is 4.14. The van der Waals surface area contributed by atoms with Gasteiger partial charge < -0.3 is 5.32 Å². The molecule has 0 unspecified atom stereocenters. The molecule has 0 bridgehead atoms. The quantitative estimate of drug-likeness (QED) is 0.394. The molecule has 0 heterocycles. The first-order valence-corrected chi connectivity index (χ1v) is 4.34. The van der Waals surface area contributed by atoms with E-state index in [0.717, 1.165) is 11.4 Å². The molecule has 0 spiro atoms. The van der Waals surface area contributed by atoms with Gasteiger partial charge in [0, 0.05) is 24.9 Å². The molecule has 13 heavy (non-hydrogen) atoms. The average molecular weight is 177 g/mol. The molecule has 1 rings (SSSR count). The summed E-state index contributed by atoms with van der Waals surface area (Å²) in [5.74, 6) is 0.852. The Morgan fingerprint density at radius 1 is 1.54 bits per heavy atom. The zero-order valence-electron chi connectivity index (χ0n) is 7.95. The van der Waals surface area contributed by atoms with Crippen LogP contribution in [0.25, 0.3) is 0 Å². The highest BCUT2D eigenvalue weighted by molar-refractivity contribution is 6.00. The average Bonchev–Trinajstić information content (AvgIpc) is 2.94. The van der Waals surface area contributed by atoms with E-state index in [-0.39, 0.29) is 0 Å². The number of rotatable bonds is 4. The second-order valence-corrected chi connectivity index (χ2v) is 2.96. The molecule has 0 aromatic carbocycles. The molecule has 3 heteroatoms. The first-order valence-electron chi connectivity index (χ1n) is 4.34. The zero-order valence-corrected chi connectivity index (χ0v) is 7.95. The van der Waals surface area contributed by atoms with Crippen molar-refractivity contribution in [3.05, 3.63) is 24.4 Å². The molecule has 1 aliphatic rings. The largest absolute Gasteiger partial charge is 0.367 e. The van der Waals surface area contributed by atoms with Gasteiger partial charge in [0.1, 0.15) is 5.84 Å². The molecule has 70 valence electrons. The maximum Gasteiger partial charge on any atom is 0.129 e. The zero-order chi connectivity index (χ0) is 9.68. The highest BCUT2D eigenvalue weighted by Gasteiger charge is 2.22. The molecule has 0 saturated heterocycles. The molecule has 3 nitrogen and oxygen atoms in total. The molecule has 1 saturated carbocycles. The van der Waals surface area contributed by atoms with E-state index in [4.69, 9.17) is 0 Å². The van der Waals surface area contributed by atoms with E-state index in [1.807, 2.05) is 0 Å². The van der Waals surface area contributed by atoms with Crippen LogP contribution < -0.4 is 5.32 Å². The second kappa shape index (κ2) is 4.60. The van der Waals surface area contributed by atoms with Crippen molar-refractivity contribution in [3.63, 3.8) is 0 Å². The Kier molecular flexibility index (Phi) is 3.43. The highest BCUT2D eigenvalue weighted by Crippen LogP contribution is 2.19. The van der Waals surface area contributed by atoms with Crippen LogP contribution in [0.4, 0.5) is 0 Å². The van der Waals surface area contributed by atoms with Gasteiger partial charge in [0.05, 0.1) is 0 Å². The minimum absolute atomic E-state index is 0.590. The van der Waals surface area contributed by atoms with Crippen molar-refractivity contribution >= 4 is 12.6 Å². The number of hydrogen-bond donors (Lipinski definition) is 1. The molecule has 1 aliphatic carbocycles. The van der Waals surface area contributed by atoms with Gasteiger partial charge in [-0.3, -0.25) is 9.98 Å². The van der Waals surface area contributed by atoms with Crippen LogP contribution in [0.1, 0.15) is 12.8 Å². The fourth-order valence-corrected chi connectivity index (χ4v) is 1.01. The number of amidine groups is 1. The van der Waals surface area contributed by atoms with E-state index >= 15 is 0 Å². The Labute approximate surface area is 79.0 Å². The van der Waals surface area contributed by atoms with E-state index < -0.39 is 0 Å². The van der Waals surface area contributed by atoms with Gasteiger partial charge in [-0.25, -0.2) is 0 Å². The normalized spacial score (nSPS) is 18.2. The lowest BCUT2D eigenvalue weighted by molar-refractivity contribution is 0.904. The minimum Gasteiger partial charge on any atom is -0.367 e. The van der Waals surface area contributed by atoms with Crippen LogP contribution in [0.3, 0.4) is 0 Å². The van der Waals surface area contributed by atoms with Crippen LogP contribution >= 0.6 is 0 Å². The third-order valence-corrected chi connectivity index (χ3v) is 1.87. The van der Waals surface area contributed by atoms with Crippen molar-refractivity contribution in [2.75, 3.05) is 7.05 Å². The Morgan fingerprint density at radius 3 is 2.62 bits per heavy atom.